The Balaban J connectivity index is 1.64. The van der Waals surface area contributed by atoms with Gasteiger partial charge in [-0.2, -0.15) is 0 Å². The summed E-state index contributed by atoms with van der Waals surface area (Å²) in [6.45, 7) is 6.72. The van der Waals surface area contributed by atoms with Crippen LogP contribution in [-0.2, 0) is 14.3 Å². The molecule has 7 atom stereocenters. The van der Waals surface area contributed by atoms with E-state index in [4.69, 9.17) is 4.74 Å². The minimum Gasteiger partial charge on any atom is -0.464 e. The van der Waals surface area contributed by atoms with Gasteiger partial charge in [-0.25, -0.2) is 0 Å². The van der Waals surface area contributed by atoms with Crippen LogP contribution in [0.15, 0.2) is 11.6 Å². The van der Waals surface area contributed by atoms with E-state index in [0.717, 1.165) is 44.9 Å². The van der Waals surface area contributed by atoms with Crippen LogP contribution in [0.1, 0.15) is 72.1 Å². The summed E-state index contributed by atoms with van der Waals surface area (Å²) in [5, 5.41) is 11.2. The number of carbonyl (C=O) groups excluding carboxylic acids is 2. The number of ether oxygens (including phenoxy) is 1. The highest BCUT2D eigenvalue weighted by atomic mass is 16.5. The zero-order valence-electron chi connectivity index (χ0n) is 16.3. The first kappa shape index (κ1) is 18.2. The number of hydrogen-bond acceptors (Lipinski definition) is 4. The highest BCUT2D eigenvalue weighted by Crippen LogP contribution is 2.67. The lowest BCUT2D eigenvalue weighted by Crippen LogP contribution is -2.57. The molecule has 26 heavy (non-hydrogen) atoms. The lowest BCUT2D eigenvalue weighted by atomic mass is 9.47. The summed E-state index contributed by atoms with van der Waals surface area (Å²) < 4.78 is 5.26. The van der Waals surface area contributed by atoms with Gasteiger partial charge in [0.15, 0.2) is 5.78 Å². The van der Waals surface area contributed by atoms with Gasteiger partial charge in [0.25, 0.3) is 6.47 Å². The normalized spacial score (nSPS) is 50.1. The minimum absolute atomic E-state index is 0.0338. The van der Waals surface area contributed by atoms with Crippen molar-refractivity contribution in [1.82, 2.24) is 0 Å². The van der Waals surface area contributed by atoms with Crippen molar-refractivity contribution in [3.05, 3.63) is 11.6 Å². The number of hydrogen-bond donors (Lipinski definition) is 1. The van der Waals surface area contributed by atoms with Crippen LogP contribution in [0, 0.1) is 28.6 Å². The van der Waals surface area contributed by atoms with Gasteiger partial charge in [-0.15, -0.1) is 0 Å². The SMILES string of the molecule is CC(=O)[C@@]1(O)CC[C@H]2[C@@H]3CC=C4C[C@@H](OC=O)CC[C@]4(C)[C@@H]3CC[C@@]21C. The first-order valence-corrected chi connectivity index (χ1v) is 10.3. The van der Waals surface area contributed by atoms with Crippen LogP contribution in [0.25, 0.3) is 0 Å². The molecule has 3 fully saturated rings. The topological polar surface area (TPSA) is 63.6 Å². The number of Topliss-reactive ketones (excluding diaryl/α,β-unsaturated/α-hetero) is 1. The van der Waals surface area contributed by atoms with Crippen LogP contribution in [0.5, 0.6) is 0 Å². The van der Waals surface area contributed by atoms with E-state index in [2.05, 4.69) is 19.9 Å². The van der Waals surface area contributed by atoms with Gasteiger partial charge >= 0.3 is 0 Å². The van der Waals surface area contributed by atoms with Crippen LogP contribution in [-0.4, -0.2) is 29.1 Å². The molecule has 4 aliphatic carbocycles. The largest absolute Gasteiger partial charge is 0.464 e. The number of ketones is 1. The summed E-state index contributed by atoms with van der Waals surface area (Å²) in [6, 6.07) is 0. The molecular weight excluding hydrogens is 328 g/mol. The van der Waals surface area contributed by atoms with Crippen molar-refractivity contribution < 1.29 is 19.4 Å². The fourth-order valence-electron chi connectivity index (χ4n) is 7.42. The fraction of sp³-hybridized carbons (Fsp3) is 0.818. The monoisotopic (exact) mass is 360 g/mol. The Kier molecular flexibility index (Phi) is 4.15. The van der Waals surface area contributed by atoms with E-state index in [1.165, 1.54) is 5.57 Å². The predicted octanol–water partition coefficient (Wildman–Crippen LogP) is 3.81. The van der Waals surface area contributed by atoms with Gasteiger partial charge in [0, 0.05) is 11.8 Å². The Morgan fingerprint density at radius 2 is 1.92 bits per heavy atom. The van der Waals surface area contributed by atoms with Crippen molar-refractivity contribution in [2.75, 3.05) is 0 Å². The molecule has 0 aromatic rings. The standard InChI is InChI=1S/C22H32O4/c1-14(24)22(25)11-8-19-17-5-4-15-12-16(26-13-23)6-9-20(15,2)18(17)7-10-21(19,22)3/h4,13,16-19,25H,5-12H2,1-3H3/t16-,17+,18+,19-,20-,21-,22-/m0/s1. The number of allylic oxidation sites excluding steroid dienone is 1. The van der Waals surface area contributed by atoms with E-state index in [1.807, 2.05) is 0 Å². The Hall–Kier alpha value is -1.16. The predicted molar refractivity (Wildman–Crippen MR) is 98.3 cm³/mol. The minimum atomic E-state index is -1.14. The summed E-state index contributed by atoms with van der Waals surface area (Å²) in [5.41, 5.74) is 0.243. The van der Waals surface area contributed by atoms with Gasteiger partial charge in [0.05, 0.1) is 0 Å². The highest BCUT2D eigenvalue weighted by Gasteiger charge is 2.65. The molecule has 0 heterocycles. The van der Waals surface area contributed by atoms with Crippen molar-refractivity contribution in [2.45, 2.75) is 83.8 Å². The molecule has 0 amide bonds. The third-order valence-corrected chi connectivity index (χ3v) is 9.04. The van der Waals surface area contributed by atoms with Crippen LogP contribution >= 0.6 is 0 Å². The maximum atomic E-state index is 12.3. The second kappa shape index (κ2) is 5.92. The van der Waals surface area contributed by atoms with Gasteiger partial charge in [-0.3, -0.25) is 9.59 Å². The van der Waals surface area contributed by atoms with E-state index in [1.54, 1.807) is 6.92 Å². The first-order chi connectivity index (χ1) is 12.3. The van der Waals surface area contributed by atoms with Crippen LogP contribution < -0.4 is 0 Å². The number of aliphatic hydroxyl groups is 1. The molecule has 0 radical (unpaired) electrons. The Morgan fingerprint density at radius 3 is 2.62 bits per heavy atom. The van der Waals surface area contributed by atoms with Gasteiger partial charge in [0.1, 0.15) is 11.7 Å². The highest BCUT2D eigenvalue weighted by molar-refractivity contribution is 5.86. The van der Waals surface area contributed by atoms with Crippen molar-refractivity contribution in [3.63, 3.8) is 0 Å². The van der Waals surface area contributed by atoms with Crippen LogP contribution in [0.4, 0.5) is 0 Å². The van der Waals surface area contributed by atoms with Crippen LogP contribution in [0.2, 0.25) is 0 Å². The molecule has 0 aliphatic heterocycles. The van der Waals surface area contributed by atoms with Gasteiger partial charge in [0.2, 0.25) is 0 Å². The molecule has 3 saturated carbocycles. The Morgan fingerprint density at radius 1 is 1.19 bits per heavy atom. The molecule has 0 saturated heterocycles. The summed E-state index contributed by atoms with van der Waals surface area (Å²) in [6.07, 6.45) is 9.96. The lowest BCUT2D eigenvalue weighted by molar-refractivity contribution is -0.159. The molecule has 0 aromatic carbocycles. The summed E-state index contributed by atoms with van der Waals surface area (Å²) >= 11 is 0. The van der Waals surface area contributed by atoms with E-state index in [-0.39, 0.29) is 22.7 Å². The van der Waals surface area contributed by atoms with E-state index < -0.39 is 5.60 Å². The number of rotatable bonds is 3. The molecule has 0 unspecified atom stereocenters. The van der Waals surface area contributed by atoms with Crippen molar-refractivity contribution in [2.24, 2.45) is 28.6 Å². The summed E-state index contributed by atoms with van der Waals surface area (Å²) in [4.78, 5) is 23.0. The van der Waals surface area contributed by atoms with Crippen molar-refractivity contribution in [3.8, 4) is 0 Å². The number of fused-ring (bicyclic) bond motifs is 5. The number of carbonyl (C=O) groups is 2. The van der Waals surface area contributed by atoms with E-state index >= 15 is 0 Å². The average Bonchev–Trinajstić information content (AvgIpc) is 2.88. The van der Waals surface area contributed by atoms with Crippen molar-refractivity contribution >= 4 is 12.3 Å². The average molecular weight is 360 g/mol. The Labute approximate surface area is 156 Å². The van der Waals surface area contributed by atoms with Crippen molar-refractivity contribution in [1.29, 1.82) is 0 Å². The third-order valence-electron chi connectivity index (χ3n) is 9.04. The first-order valence-electron chi connectivity index (χ1n) is 10.3. The molecular formula is C22H32O4. The molecule has 0 spiro atoms. The molecule has 0 aromatic heterocycles. The third kappa shape index (κ3) is 2.23. The van der Waals surface area contributed by atoms with Crippen LogP contribution in [0.3, 0.4) is 0 Å². The maximum absolute atomic E-state index is 12.3. The zero-order chi connectivity index (χ0) is 18.7. The smallest absolute Gasteiger partial charge is 0.293 e. The Bertz CT molecular complexity index is 655. The molecule has 144 valence electrons. The molecule has 4 aliphatic rings. The summed E-state index contributed by atoms with van der Waals surface area (Å²) in [7, 11) is 0. The van der Waals surface area contributed by atoms with Gasteiger partial charge in [-0.1, -0.05) is 25.5 Å². The quantitative estimate of drug-likeness (QED) is 0.614. The van der Waals surface area contributed by atoms with E-state index in [9.17, 15) is 14.7 Å². The molecule has 0 bridgehead atoms. The molecule has 4 heteroatoms. The lowest BCUT2D eigenvalue weighted by Gasteiger charge is -2.58. The van der Waals surface area contributed by atoms with E-state index in [0.29, 0.717) is 30.6 Å². The molecule has 1 N–H and O–H groups in total. The second-order valence-electron chi connectivity index (χ2n) is 9.77. The second-order valence-corrected chi connectivity index (χ2v) is 9.77. The van der Waals surface area contributed by atoms with Gasteiger partial charge < -0.3 is 9.84 Å². The fourth-order valence-corrected chi connectivity index (χ4v) is 7.42. The zero-order valence-corrected chi connectivity index (χ0v) is 16.3. The summed E-state index contributed by atoms with van der Waals surface area (Å²) in [5.74, 6) is 1.55. The van der Waals surface area contributed by atoms with Gasteiger partial charge in [-0.05, 0) is 75.0 Å². The molecule has 4 rings (SSSR count). The maximum Gasteiger partial charge on any atom is 0.293 e. The molecule has 4 nitrogen and oxygen atoms in total.